The molecule has 0 aromatic heterocycles. The molecule has 1 rings (SSSR count). The third kappa shape index (κ3) is 5.19. The molecule has 1 aromatic rings. The number of rotatable bonds is 6. The summed E-state index contributed by atoms with van der Waals surface area (Å²) in [6.07, 6.45) is 3.67. The number of benzene rings is 1. The Hall–Kier alpha value is -0.530. The molecule has 0 unspecified atom stereocenters. The highest BCUT2D eigenvalue weighted by Gasteiger charge is 1.97. The molecule has 86 valence electrons. The van der Waals surface area contributed by atoms with Crippen molar-refractivity contribution >= 4 is 12.4 Å². The summed E-state index contributed by atoms with van der Waals surface area (Å²) in [6.45, 7) is 6.59. The van der Waals surface area contributed by atoms with Crippen LogP contribution in [-0.4, -0.2) is 6.54 Å². The summed E-state index contributed by atoms with van der Waals surface area (Å²) < 4.78 is 0. The third-order valence-electron chi connectivity index (χ3n) is 2.52. The van der Waals surface area contributed by atoms with E-state index in [0.717, 1.165) is 19.5 Å². The maximum atomic E-state index is 3.48. The highest BCUT2D eigenvalue weighted by molar-refractivity contribution is 5.85. The Morgan fingerprint density at radius 2 is 1.73 bits per heavy atom. The molecule has 0 saturated carbocycles. The molecular formula is C13H22ClN. The van der Waals surface area contributed by atoms with E-state index in [4.69, 9.17) is 0 Å². The Morgan fingerprint density at radius 1 is 1.07 bits per heavy atom. The summed E-state index contributed by atoms with van der Waals surface area (Å²) in [5.74, 6) is 0. The van der Waals surface area contributed by atoms with Crippen molar-refractivity contribution in [2.75, 3.05) is 6.54 Å². The topological polar surface area (TPSA) is 12.0 Å². The van der Waals surface area contributed by atoms with Gasteiger partial charge < -0.3 is 5.32 Å². The predicted octanol–water partition coefficient (Wildman–Crippen LogP) is 3.56. The van der Waals surface area contributed by atoms with E-state index in [1.165, 1.54) is 24.0 Å². The first kappa shape index (κ1) is 14.5. The summed E-state index contributed by atoms with van der Waals surface area (Å²) in [7, 11) is 0. The van der Waals surface area contributed by atoms with Gasteiger partial charge in [0, 0.05) is 6.54 Å². The van der Waals surface area contributed by atoms with Gasteiger partial charge in [0.05, 0.1) is 0 Å². The van der Waals surface area contributed by atoms with E-state index < -0.39 is 0 Å². The molecule has 0 aliphatic heterocycles. The fourth-order valence-corrected chi connectivity index (χ4v) is 1.60. The van der Waals surface area contributed by atoms with Gasteiger partial charge in [-0.25, -0.2) is 0 Å². The molecule has 0 atom stereocenters. The van der Waals surface area contributed by atoms with Crippen molar-refractivity contribution in [3.63, 3.8) is 0 Å². The molecule has 15 heavy (non-hydrogen) atoms. The fraction of sp³-hybridized carbons (Fsp3) is 0.538. The van der Waals surface area contributed by atoms with Gasteiger partial charge in [0.25, 0.3) is 0 Å². The van der Waals surface area contributed by atoms with Gasteiger partial charge in [0.2, 0.25) is 0 Å². The predicted molar refractivity (Wildman–Crippen MR) is 69.7 cm³/mol. The van der Waals surface area contributed by atoms with E-state index >= 15 is 0 Å². The van der Waals surface area contributed by atoms with Crippen LogP contribution in [0.25, 0.3) is 0 Å². The van der Waals surface area contributed by atoms with Crippen molar-refractivity contribution in [2.24, 2.45) is 0 Å². The normalized spacial score (nSPS) is 9.73. The van der Waals surface area contributed by atoms with Crippen LogP contribution in [0.2, 0.25) is 0 Å². The molecule has 0 amide bonds. The molecule has 1 N–H and O–H groups in total. The second-order valence-electron chi connectivity index (χ2n) is 3.65. The smallest absolute Gasteiger partial charge is 0.0208 e. The lowest BCUT2D eigenvalue weighted by Crippen LogP contribution is -2.15. The molecule has 0 radical (unpaired) electrons. The molecule has 0 spiro atoms. The summed E-state index contributed by atoms with van der Waals surface area (Å²) in [4.78, 5) is 0. The van der Waals surface area contributed by atoms with E-state index in [1.807, 2.05) is 0 Å². The van der Waals surface area contributed by atoms with Crippen LogP contribution < -0.4 is 5.32 Å². The largest absolute Gasteiger partial charge is 0.313 e. The first-order chi connectivity index (χ1) is 6.88. The zero-order chi connectivity index (χ0) is 10.2. The van der Waals surface area contributed by atoms with Gasteiger partial charge in [-0.1, -0.05) is 44.5 Å². The van der Waals surface area contributed by atoms with Crippen LogP contribution in [0.15, 0.2) is 24.3 Å². The first-order valence-electron chi connectivity index (χ1n) is 5.66. The monoisotopic (exact) mass is 227 g/mol. The van der Waals surface area contributed by atoms with E-state index in [0.29, 0.717) is 0 Å². The van der Waals surface area contributed by atoms with Crippen molar-refractivity contribution in [3.05, 3.63) is 35.4 Å². The zero-order valence-electron chi connectivity index (χ0n) is 9.75. The number of halogens is 1. The van der Waals surface area contributed by atoms with Crippen LogP contribution in [0.5, 0.6) is 0 Å². The minimum absolute atomic E-state index is 0. The van der Waals surface area contributed by atoms with Crippen LogP contribution in [0.1, 0.15) is 37.8 Å². The Labute approximate surface area is 99.7 Å². The molecule has 0 aliphatic carbocycles. The minimum Gasteiger partial charge on any atom is -0.313 e. The molecule has 1 aromatic carbocycles. The molecule has 2 heteroatoms. The highest BCUT2D eigenvalue weighted by atomic mass is 35.5. The standard InChI is InChI=1S/C13H21N.ClH/c1-3-5-10-14-11-13-9-7-6-8-12(13)4-2;/h6-9,14H,3-5,10-11H2,1-2H3;1H. The van der Waals surface area contributed by atoms with E-state index in [1.54, 1.807) is 0 Å². The molecular weight excluding hydrogens is 206 g/mol. The lowest BCUT2D eigenvalue weighted by Gasteiger charge is -2.08. The number of hydrogen-bond acceptors (Lipinski definition) is 1. The second kappa shape index (κ2) is 8.75. The van der Waals surface area contributed by atoms with E-state index in [-0.39, 0.29) is 12.4 Å². The van der Waals surface area contributed by atoms with Gasteiger partial charge in [-0.2, -0.15) is 0 Å². The van der Waals surface area contributed by atoms with Crippen LogP contribution in [0.3, 0.4) is 0 Å². The van der Waals surface area contributed by atoms with Crippen molar-refractivity contribution in [2.45, 2.75) is 39.7 Å². The summed E-state index contributed by atoms with van der Waals surface area (Å²) in [5.41, 5.74) is 2.92. The average Bonchev–Trinajstić information content (AvgIpc) is 2.25. The quantitative estimate of drug-likeness (QED) is 0.733. The molecule has 0 aliphatic rings. The molecule has 0 bridgehead atoms. The lowest BCUT2D eigenvalue weighted by molar-refractivity contribution is 0.639. The van der Waals surface area contributed by atoms with Crippen molar-refractivity contribution < 1.29 is 0 Å². The third-order valence-corrected chi connectivity index (χ3v) is 2.52. The maximum absolute atomic E-state index is 3.48. The summed E-state index contributed by atoms with van der Waals surface area (Å²) in [6, 6.07) is 8.68. The SMILES string of the molecule is CCCCNCc1ccccc1CC.Cl. The number of hydrogen-bond donors (Lipinski definition) is 1. The Balaban J connectivity index is 0.00000196. The van der Waals surface area contributed by atoms with Crippen LogP contribution in [-0.2, 0) is 13.0 Å². The Bertz CT molecular complexity index is 260. The van der Waals surface area contributed by atoms with E-state index in [9.17, 15) is 0 Å². The van der Waals surface area contributed by atoms with Crippen molar-refractivity contribution in [1.82, 2.24) is 5.32 Å². The van der Waals surface area contributed by atoms with Gasteiger partial charge in [-0.15, -0.1) is 12.4 Å². The minimum atomic E-state index is 0. The summed E-state index contributed by atoms with van der Waals surface area (Å²) >= 11 is 0. The average molecular weight is 228 g/mol. The highest BCUT2D eigenvalue weighted by Crippen LogP contribution is 2.08. The number of nitrogens with one attached hydrogen (secondary N) is 1. The summed E-state index contributed by atoms with van der Waals surface area (Å²) in [5, 5.41) is 3.48. The van der Waals surface area contributed by atoms with Gasteiger partial charge in [-0.05, 0) is 30.5 Å². The lowest BCUT2D eigenvalue weighted by atomic mass is 10.1. The van der Waals surface area contributed by atoms with Crippen LogP contribution in [0.4, 0.5) is 0 Å². The van der Waals surface area contributed by atoms with Crippen molar-refractivity contribution in [1.29, 1.82) is 0 Å². The maximum Gasteiger partial charge on any atom is 0.0208 e. The van der Waals surface area contributed by atoms with Crippen molar-refractivity contribution in [3.8, 4) is 0 Å². The fourth-order valence-electron chi connectivity index (χ4n) is 1.60. The van der Waals surface area contributed by atoms with Crippen LogP contribution >= 0.6 is 12.4 Å². The van der Waals surface area contributed by atoms with Gasteiger partial charge in [0.1, 0.15) is 0 Å². The van der Waals surface area contributed by atoms with Crippen LogP contribution in [0, 0.1) is 0 Å². The number of aryl methyl sites for hydroxylation is 1. The number of unbranched alkanes of at least 4 members (excludes halogenated alkanes) is 1. The zero-order valence-corrected chi connectivity index (χ0v) is 10.6. The Kier molecular flexibility index (Phi) is 8.44. The molecule has 0 saturated heterocycles. The van der Waals surface area contributed by atoms with E-state index in [2.05, 4.69) is 43.4 Å². The Morgan fingerprint density at radius 3 is 2.33 bits per heavy atom. The second-order valence-corrected chi connectivity index (χ2v) is 3.65. The van der Waals surface area contributed by atoms with Gasteiger partial charge in [-0.3, -0.25) is 0 Å². The van der Waals surface area contributed by atoms with Gasteiger partial charge >= 0.3 is 0 Å². The molecule has 0 fully saturated rings. The van der Waals surface area contributed by atoms with Gasteiger partial charge in [0.15, 0.2) is 0 Å². The molecule has 0 heterocycles. The molecule has 1 nitrogen and oxygen atoms in total. The first-order valence-corrected chi connectivity index (χ1v) is 5.66.